The summed E-state index contributed by atoms with van der Waals surface area (Å²) in [7, 11) is 1.63. The number of hydrogen-bond acceptors (Lipinski definition) is 4. The van der Waals surface area contributed by atoms with Crippen molar-refractivity contribution < 1.29 is 14.3 Å². The standard InChI is InChI=1S/C16H23ClN2O3/c1-16(2,3)22-15(20)19-9-11(10-19)18-8-12-13(17)6-5-7-14(12)21-4/h5-7,11,18H,8-10H2,1-4H3. The number of methoxy groups -OCH3 is 1. The number of carbonyl (C=O) groups is 1. The predicted octanol–water partition coefficient (Wildman–Crippen LogP) is 3.06. The van der Waals surface area contributed by atoms with Crippen molar-refractivity contribution in [2.45, 2.75) is 39.0 Å². The minimum Gasteiger partial charge on any atom is -0.496 e. The summed E-state index contributed by atoms with van der Waals surface area (Å²) in [5, 5.41) is 4.06. The molecule has 6 heteroatoms. The van der Waals surface area contributed by atoms with Gasteiger partial charge in [-0.25, -0.2) is 4.79 Å². The van der Waals surface area contributed by atoms with E-state index in [0.29, 0.717) is 24.7 Å². The lowest BCUT2D eigenvalue weighted by Crippen LogP contribution is -2.60. The Balaban J connectivity index is 1.81. The Bertz CT molecular complexity index is 537. The van der Waals surface area contributed by atoms with Crippen molar-refractivity contribution >= 4 is 17.7 Å². The lowest BCUT2D eigenvalue weighted by atomic mass is 10.1. The van der Waals surface area contributed by atoms with Gasteiger partial charge in [0.15, 0.2) is 0 Å². The second-order valence-electron chi connectivity index (χ2n) is 6.38. The van der Waals surface area contributed by atoms with Gasteiger partial charge >= 0.3 is 6.09 Å². The first kappa shape index (κ1) is 16.9. The zero-order valence-electron chi connectivity index (χ0n) is 13.5. The molecule has 0 bridgehead atoms. The van der Waals surface area contributed by atoms with E-state index in [2.05, 4.69) is 5.32 Å². The molecule has 1 aromatic rings. The number of nitrogens with zero attached hydrogens (tertiary/aromatic N) is 1. The molecule has 0 aliphatic carbocycles. The van der Waals surface area contributed by atoms with Crippen LogP contribution in [0.3, 0.4) is 0 Å². The average molecular weight is 327 g/mol. The van der Waals surface area contributed by atoms with Crippen LogP contribution in [0, 0.1) is 0 Å². The smallest absolute Gasteiger partial charge is 0.410 e. The Morgan fingerprint density at radius 1 is 1.41 bits per heavy atom. The van der Waals surface area contributed by atoms with Gasteiger partial charge in [-0.15, -0.1) is 0 Å². The number of benzene rings is 1. The zero-order valence-corrected chi connectivity index (χ0v) is 14.2. The van der Waals surface area contributed by atoms with E-state index in [1.165, 1.54) is 0 Å². The van der Waals surface area contributed by atoms with Crippen LogP contribution in [0.1, 0.15) is 26.3 Å². The Hall–Kier alpha value is -1.46. The van der Waals surface area contributed by atoms with Gasteiger partial charge in [0.1, 0.15) is 11.4 Å². The van der Waals surface area contributed by atoms with E-state index in [1.54, 1.807) is 12.0 Å². The van der Waals surface area contributed by atoms with E-state index in [0.717, 1.165) is 11.3 Å². The van der Waals surface area contributed by atoms with Gasteiger partial charge in [0.05, 0.1) is 7.11 Å². The van der Waals surface area contributed by atoms with Crippen molar-refractivity contribution in [3.8, 4) is 5.75 Å². The molecule has 2 rings (SSSR count). The van der Waals surface area contributed by atoms with Crippen LogP contribution in [-0.4, -0.2) is 42.8 Å². The molecule has 1 aliphatic heterocycles. The molecule has 1 amide bonds. The molecule has 1 saturated heterocycles. The van der Waals surface area contributed by atoms with Gasteiger partial charge in [0.25, 0.3) is 0 Å². The van der Waals surface area contributed by atoms with Gasteiger partial charge in [0.2, 0.25) is 0 Å². The summed E-state index contributed by atoms with van der Waals surface area (Å²) < 4.78 is 10.6. The maximum atomic E-state index is 11.9. The second-order valence-corrected chi connectivity index (χ2v) is 6.79. The molecule has 1 N–H and O–H groups in total. The van der Waals surface area contributed by atoms with Gasteiger partial charge < -0.3 is 19.7 Å². The lowest BCUT2D eigenvalue weighted by Gasteiger charge is -2.40. The topological polar surface area (TPSA) is 50.8 Å². The van der Waals surface area contributed by atoms with Crippen LogP contribution in [0.25, 0.3) is 0 Å². The van der Waals surface area contributed by atoms with Crippen molar-refractivity contribution in [2.24, 2.45) is 0 Å². The van der Waals surface area contributed by atoms with Crippen LogP contribution in [0.2, 0.25) is 5.02 Å². The van der Waals surface area contributed by atoms with Crippen molar-refractivity contribution in [1.29, 1.82) is 0 Å². The van der Waals surface area contributed by atoms with Crippen LogP contribution in [0.5, 0.6) is 5.75 Å². The number of nitrogens with one attached hydrogen (secondary N) is 1. The molecule has 1 heterocycles. The molecule has 1 aliphatic rings. The maximum Gasteiger partial charge on any atom is 0.410 e. The summed E-state index contributed by atoms with van der Waals surface area (Å²) in [6.07, 6.45) is -0.263. The molecule has 1 fully saturated rings. The van der Waals surface area contributed by atoms with Gasteiger partial charge in [-0.2, -0.15) is 0 Å². The molecule has 1 aromatic carbocycles. The molecule has 0 aromatic heterocycles. The van der Waals surface area contributed by atoms with Gasteiger partial charge in [-0.05, 0) is 32.9 Å². The summed E-state index contributed by atoms with van der Waals surface area (Å²) in [5.41, 5.74) is 0.475. The van der Waals surface area contributed by atoms with Gasteiger partial charge in [0, 0.05) is 36.3 Å². The quantitative estimate of drug-likeness (QED) is 0.924. The fourth-order valence-corrected chi connectivity index (χ4v) is 2.46. The average Bonchev–Trinajstić information content (AvgIpc) is 2.36. The first-order valence-corrected chi connectivity index (χ1v) is 7.70. The predicted molar refractivity (Wildman–Crippen MR) is 86.4 cm³/mol. The first-order chi connectivity index (χ1) is 10.3. The van der Waals surface area contributed by atoms with E-state index < -0.39 is 5.60 Å². The molecule has 122 valence electrons. The summed E-state index contributed by atoms with van der Waals surface area (Å²) in [4.78, 5) is 13.5. The molecule has 22 heavy (non-hydrogen) atoms. The van der Waals surface area contributed by atoms with E-state index in [-0.39, 0.29) is 12.1 Å². The van der Waals surface area contributed by atoms with Crippen LogP contribution in [0.4, 0.5) is 4.79 Å². The summed E-state index contributed by atoms with van der Waals surface area (Å²) in [6, 6.07) is 5.83. The summed E-state index contributed by atoms with van der Waals surface area (Å²) in [6.45, 7) is 7.48. The van der Waals surface area contributed by atoms with Crippen LogP contribution >= 0.6 is 11.6 Å². The van der Waals surface area contributed by atoms with E-state index >= 15 is 0 Å². The van der Waals surface area contributed by atoms with Crippen LogP contribution in [-0.2, 0) is 11.3 Å². The number of likely N-dealkylation sites (tertiary alicyclic amines) is 1. The molecular formula is C16H23ClN2O3. The van der Waals surface area contributed by atoms with Crippen molar-refractivity contribution in [1.82, 2.24) is 10.2 Å². The number of carbonyl (C=O) groups excluding carboxylic acids is 1. The fourth-order valence-electron chi connectivity index (χ4n) is 2.23. The highest BCUT2D eigenvalue weighted by Crippen LogP contribution is 2.26. The third kappa shape index (κ3) is 4.27. The molecule has 0 radical (unpaired) electrons. The highest BCUT2D eigenvalue weighted by atomic mass is 35.5. The Kier molecular flexibility index (Phi) is 5.19. The minimum atomic E-state index is -0.458. The Morgan fingerprint density at radius 3 is 2.68 bits per heavy atom. The molecule has 5 nitrogen and oxygen atoms in total. The number of halogens is 1. The zero-order chi connectivity index (χ0) is 16.3. The second kappa shape index (κ2) is 6.75. The molecular weight excluding hydrogens is 304 g/mol. The number of rotatable bonds is 4. The monoisotopic (exact) mass is 326 g/mol. The van der Waals surface area contributed by atoms with E-state index in [1.807, 2.05) is 39.0 Å². The normalized spacial score (nSPS) is 15.4. The summed E-state index contributed by atoms with van der Waals surface area (Å²) >= 11 is 6.20. The van der Waals surface area contributed by atoms with Crippen molar-refractivity contribution in [2.75, 3.05) is 20.2 Å². The Labute approximate surface area is 136 Å². The molecule has 0 saturated carbocycles. The SMILES string of the molecule is COc1cccc(Cl)c1CNC1CN(C(=O)OC(C)(C)C)C1. The van der Waals surface area contributed by atoms with Gasteiger partial charge in [-0.1, -0.05) is 17.7 Å². The van der Waals surface area contributed by atoms with Crippen molar-refractivity contribution in [3.05, 3.63) is 28.8 Å². The molecule has 0 atom stereocenters. The minimum absolute atomic E-state index is 0.244. The maximum absolute atomic E-state index is 11.9. The third-order valence-electron chi connectivity index (χ3n) is 3.40. The highest BCUT2D eigenvalue weighted by Gasteiger charge is 2.33. The molecule has 0 spiro atoms. The lowest BCUT2D eigenvalue weighted by molar-refractivity contribution is 0.00516. The number of hydrogen-bond donors (Lipinski definition) is 1. The first-order valence-electron chi connectivity index (χ1n) is 7.33. The van der Waals surface area contributed by atoms with E-state index in [9.17, 15) is 4.79 Å². The van der Waals surface area contributed by atoms with Crippen LogP contribution < -0.4 is 10.1 Å². The Morgan fingerprint density at radius 2 is 2.09 bits per heavy atom. The van der Waals surface area contributed by atoms with Gasteiger partial charge in [-0.3, -0.25) is 0 Å². The highest BCUT2D eigenvalue weighted by molar-refractivity contribution is 6.31. The largest absolute Gasteiger partial charge is 0.496 e. The van der Waals surface area contributed by atoms with Crippen LogP contribution in [0.15, 0.2) is 18.2 Å². The number of ether oxygens (including phenoxy) is 2. The summed E-state index contributed by atoms with van der Waals surface area (Å²) in [5.74, 6) is 0.767. The fraction of sp³-hybridized carbons (Fsp3) is 0.562. The third-order valence-corrected chi connectivity index (χ3v) is 3.75. The number of amides is 1. The molecule has 0 unspecified atom stereocenters. The van der Waals surface area contributed by atoms with E-state index in [4.69, 9.17) is 21.1 Å². The van der Waals surface area contributed by atoms with Crippen molar-refractivity contribution in [3.63, 3.8) is 0 Å².